The third-order valence-corrected chi connectivity index (χ3v) is 3.77. The van der Waals surface area contributed by atoms with Gasteiger partial charge in [0.1, 0.15) is 0 Å². The van der Waals surface area contributed by atoms with Crippen LogP contribution in [0.15, 0.2) is 29.3 Å². The molecule has 0 aromatic heterocycles. The molecule has 0 saturated carbocycles. The van der Waals surface area contributed by atoms with Crippen LogP contribution in [0.3, 0.4) is 0 Å². The second-order valence-electron chi connectivity index (χ2n) is 5.46. The Labute approximate surface area is 137 Å². The zero-order chi connectivity index (χ0) is 15.8. The molecule has 2 rings (SSSR count). The summed E-state index contributed by atoms with van der Waals surface area (Å²) in [6.45, 7) is 7.02. The quantitative estimate of drug-likeness (QED) is 0.639. The molecule has 1 aromatic carbocycles. The fourth-order valence-electron chi connectivity index (χ4n) is 2.30. The average Bonchev–Trinajstić information content (AvgIpc) is 2.52. The lowest BCUT2D eigenvalue weighted by Gasteiger charge is -2.30. The number of morpholine rings is 1. The SMILES string of the molecule is CCNC(=NCc1ccc(Cl)cc1)NCC1CN(C)CCO1. The van der Waals surface area contributed by atoms with E-state index in [0.717, 1.165) is 49.3 Å². The van der Waals surface area contributed by atoms with Crippen molar-refractivity contribution in [1.82, 2.24) is 15.5 Å². The predicted molar refractivity (Wildman–Crippen MR) is 91.5 cm³/mol. The number of hydrogen-bond acceptors (Lipinski definition) is 3. The van der Waals surface area contributed by atoms with Crippen molar-refractivity contribution in [3.05, 3.63) is 34.9 Å². The van der Waals surface area contributed by atoms with Gasteiger partial charge in [0.25, 0.3) is 0 Å². The van der Waals surface area contributed by atoms with Crippen molar-refractivity contribution in [1.29, 1.82) is 0 Å². The Balaban J connectivity index is 1.85. The van der Waals surface area contributed by atoms with Gasteiger partial charge in [-0.1, -0.05) is 23.7 Å². The van der Waals surface area contributed by atoms with Gasteiger partial charge < -0.3 is 20.3 Å². The summed E-state index contributed by atoms with van der Waals surface area (Å²) in [6.07, 6.45) is 0.207. The van der Waals surface area contributed by atoms with E-state index in [9.17, 15) is 0 Å². The number of halogens is 1. The van der Waals surface area contributed by atoms with Crippen LogP contribution in [-0.2, 0) is 11.3 Å². The van der Waals surface area contributed by atoms with Crippen molar-refractivity contribution in [2.45, 2.75) is 19.6 Å². The number of aliphatic imine (C=N–C) groups is 1. The second kappa shape index (κ2) is 8.98. The molecule has 1 fully saturated rings. The van der Waals surface area contributed by atoms with E-state index in [1.54, 1.807) is 0 Å². The molecule has 0 bridgehead atoms. The molecule has 1 saturated heterocycles. The number of likely N-dealkylation sites (N-methyl/N-ethyl adjacent to an activating group) is 1. The van der Waals surface area contributed by atoms with Gasteiger partial charge in [-0.05, 0) is 31.7 Å². The Hall–Kier alpha value is -1.30. The Kier molecular flexibility index (Phi) is 6.96. The summed E-state index contributed by atoms with van der Waals surface area (Å²) in [5, 5.41) is 7.36. The highest BCUT2D eigenvalue weighted by Gasteiger charge is 2.17. The first-order chi connectivity index (χ1) is 10.7. The van der Waals surface area contributed by atoms with E-state index in [1.165, 1.54) is 0 Å². The highest BCUT2D eigenvalue weighted by atomic mass is 35.5. The summed E-state index contributed by atoms with van der Waals surface area (Å²) in [5.74, 6) is 0.814. The fourth-order valence-corrected chi connectivity index (χ4v) is 2.43. The standard InChI is InChI=1S/C16H25ClN4O/c1-3-18-16(19-10-13-4-6-14(17)7-5-13)20-11-15-12-21(2)8-9-22-15/h4-7,15H,3,8-12H2,1-2H3,(H2,18,19,20). The number of nitrogens with zero attached hydrogens (tertiary/aromatic N) is 2. The summed E-state index contributed by atoms with van der Waals surface area (Å²) in [7, 11) is 2.12. The molecule has 1 atom stereocenters. The lowest BCUT2D eigenvalue weighted by molar-refractivity contribution is -0.0161. The third kappa shape index (κ3) is 5.83. The van der Waals surface area contributed by atoms with Crippen molar-refractivity contribution >= 4 is 17.6 Å². The van der Waals surface area contributed by atoms with Crippen LogP contribution in [-0.4, -0.2) is 56.8 Å². The molecule has 0 radical (unpaired) electrons. The number of hydrogen-bond donors (Lipinski definition) is 2. The maximum absolute atomic E-state index is 5.89. The summed E-state index contributed by atoms with van der Waals surface area (Å²) < 4.78 is 5.75. The van der Waals surface area contributed by atoms with E-state index in [0.29, 0.717) is 6.54 Å². The minimum atomic E-state index is 0.207. The molecule has 122 valence electrons. The van der Waals surface area contributed by atoms with Crippen LogP contribution in [0.1, 0.15) is 12.5 Å². The molecule has 22 heavy (non-hydrogen) atoms. The molecule has 2 N–H and O–H groups in total. The summed E-state index contributed by atoms with van der Waals surface area (Å²) in [4.78, 5) is 6.88. The topological polar surface area (TPSA) is 48.9 Å². The Morgan fingerprint density at radius 3 is 2.82 bits per heavy atom. The van der Waals surface area contributed by atoms with Crippen LogP contribution < -0.4 is 10.6 Å². The first kappa shape index (κ1) is 17.1. The molecular formula is C16H25ClN4O. The van der Waals surface area contributed by atoms with Crippen molar-refractivity contribution in [2.75, 3.05) is 39.8 Å². The Morgan fingerprint density at radius 1 is 1.36 bits per heavy atom. The molecule has 1 unspecified atom stereocenters. The van der Waals surface area contributed by atoms with E-state index < -0.39 is 0 Å². The molecule has 1 aromatic rings. The zero-order valence-corrected chi connectivity index (χ0v) is 14.1. The molecular weight excluding hydrogens is 300 g/mol. The van der Waals surface area contributed by atoms with Gasteiger partial charge in [0.15, 0.2) is 5.96 Å². The number of guanidine groups is 1. The number of nitrogens with one attached hydrogen (secondary N) is 2. The number of ether oxygens (including phenoxy) is 1. The number of rotatable bonds is 5. The summed E-state index contributed by atoms with van der Waals surface area (Å²) in [5.41, 5.74) is 1.13. The van der Waals surface area contributed by atoms with Gasteiger partial charge in [-0.2, -0.15) is 0 Å². The molecule has 0 aliphatic carbocycles. The van der Waals surface area contributed by atoms with Crippen molar-refractivity contribution in [3.8, 4) is 0 Å². The fraction of sp³-hybridized carbons (Fsp3) is 0.562. The maximum Gasteiger partial charge on any atom is 0.191 e. The second-order valence-corrected chi connectivity index (χ2v) is 5.89. The molecule has 0 spiro atoms. The normalized spacial score (nSPS) is 20.0. The lowest BCUT2D eigenvalue weighted by atomic mass is 10.2. The van der Waals surface area contributed by atoms with Gasteiger partial charge in [0.05, 0.1) is 19.3 Å². The van der Waals surface area contributed by atoms with E-state index in [4.69, 9.17) is 16.3 Å². The summed E-state index contributed by atoms with van der Waals surface area (Å²) in [6, 6.07) is 7.76. The van der Waals surface area contributed by atoms with Crippen LogP contribution >= 0.6 is 11.6 Å². The van der Waals surface area contributed by atoms with Crippen LogP contribution in [0.25, 0.3) is 0 Å². The van der Waals surface area contributed by atoms with Crippen LogP contribution in [0.2, 0.25) is 5.02 Å². The molecule has 1 aliphatic rings. The predicted octanol–water partition coefficient (Wildman–Crippen LogP) is 1.73. The molecule has 5 nitrogen and oxygen atoms in total. The van der Waals surface area contributed by atoms with Gasteiger partial charge in [-0.15, -0.1) is 0 Å². The average molecular weight is 325 g/mol. The highest BCUT2D eigenvalue weighted by Crippen LogP contribution is 2.10. The minimum Gasteiger partial charge on any atom is -0.374 e. The zero-order valence-electron chi connectivity index (χ0n) is 13.3. The van der Waals surface area contributed by atoms with Gasteiger partial charge in [-0.25, -0.2) is 4.99 Å². The maximum atomic E-state index is 5.89. The van der Waals surface area contributed by atoms with Gasteiger partial charge in [-0.3, -0.25) is 0 Å². The third-order valence-electron chi connectivity index (χ3n) is 3.52. The first-order valence-electron chi connectivity index (χ1n) is 7.74. The van der Waals surface area contributed by atoms with Crippen molar-refractivity contribution < 1.29 is 4.74 Å². The molecule has 0 amide bonds. The van der Waals surface area contributed by atoms with Crippen LogP contribution in [0.5, 0.6) is 0 Å². The van der Waals surface area contributed by atoms with Crippen LogP contribution in [0, 0.1) is 0 Å². The van der Waals surface area contributed by atoms with Crippen LogP contribution in [0.4, 0.5) is 0 Å². The highest BCUT2D eigenvalue weighted by molar-refractivity contribution is 6.30. The largest absolute Gasteiger partial charge is 0.374 e. The van der Waals surface area contributed by atoms with E-state index >= 15 is 0 Å². The summed E-state index contributed by atoms with van der Waals surface area (Å²) >= 11 is 5.89. The number of benzene rings is 1. The first-order valence-corrected chi connectivity index (χ1v) is 8.12. The minimum absolute atomic E-state index is 0.207. The molecule has 1 aliphatic heterocycles. The smallest absolute Gasteiger partial charge is 0.191 e. The van der Waals surface area contributed by atoms with Gasteiger partial charge in [0, 0.05) is 31.2 Å². The van der Waals surface area contributed by atoms with E-state index in [2.05, 4.69) is 34.5 Å². The van der Waals surface area contributed by atoms with Crippen molar-refractivity contribution in [3.63, 3.8) is 0 Å². The molecule has 1 heterocycles. The lowest BCUT2D eigenvalue weighted by Crippen LogP contribution is -2.48. The van der Waals surface area contributed by atoms with Crippen molar-refractivity contribution in [2.24, 2.45) is 4.99 Å². The van der Waals surface area contributed by atoms with Gasteiger partial charge >= 0.3 is 0 Å². The van der Waals surface area contributed by atoms with E-state index in [-0.39, 0.29) is 6.10 Å². The van der Waals surface area contributed by atoms with Gasteiger partial charge in [0.2, 0.25) is 0 Å². The Bertz CT molecular complexity index is 478. The van der Waals surface area contributed by atoms with E-state index in [1.807, 2.05) is 24.3 Å². The Morgan fingerprint density at radius 2 is 2.14 bits per heavy atom. The monoisotopic (exact) mass is 324 g/mol. The molecule has 6 heteroatoms.